The van der Waals surface area contributed by atoms with Gasteiger partial charge in [-0.15, -0.1) is 0 Å². The van der Waals surface area contributed by atoms with Crippen molar-refractivity contribution in [3.63, 3.8) is 0 Å². The van der Waals surface area contributed by atoms with E-state index in [9.17, 15) is 4.79 Å². The first kappa shape index (κ1) is 19.8. The van der Waals surface area contributed by atoms with Crippen LogP contribution in [0, 0.1) is 0 Å². The van der Waals surface area contributed by atoms with Gasteiger partial charge < -0.3 is 4.74 Å². The summed E-state index contributed by atoms with van der Waals surface area (Å²) in [4.78, 5) is 12.3. The molecule has 28 heavy (non-hydrogen) atoms. The molecule has 0 spiro atoms. The Bertz CT molecular complexity index is 963. The van der Waals surface area contributed by atoms with Gasteiger partial charge in [0, 0.05) is 10.0 Å². The Balaban J connectivity index is 1.65. The second-order valence-corrected chi connectivity index (χ2v) is 7.10. The van der Waals surface area contributed by atoms with Crippen LogP contribution in [-0.4, -0.2) is 28.4 Å². The van der Waals surface area contributed by atoms with Crippen LogP contribution in [-0.2, 0) is 0 Å². The maximum absolute atomic E-state index is 12.3. The van der Waals surface area contributed by atoms with E-state index in [1.165, 1.54) is 0 Å². The summed E-state index contributed by atoms with van der Waals surface area (Å²) in [7, 11) is 0. The summed E-state index contributed by atoms with van der Waals surface area (Å²) >= 11 is 3.40. The van der Waals surface area contributed by atoms with Crippen LogP contribution in [0.15, 0.2) is 64.2 Å². The number of halogens is 1. The van der Waals surface area contributed by atoms with Gasteiger partial charge in [0.2, 0.25) is 0 Å². The van der Waals surface area contributed by atoms with Crippen LogP contribution in [0.4, 0.5) is 0 Å². The topological polar surface area (TPSA) is 79.4 Å². The zero-order valence-corrected chi connectivity index (χ0v) is 17.3. The number of aromatic nitrogens is 2. The van der Waals surface area contributed by atoms with Gasteiger partial charge in [-0.2, -0.15) is 10.2 Å². The number of carbonyl (C=O) groups excluding carboxylic acids is 1. The molecule has 3 aromatic rings. The minimum atomic E-state index is -0.349. The predicted molar refractivity (Wildman–Crippen MR) is 114 cm³/mol. The van der Waals surface area contributed by atoms with Crippen molar-refractivity contribution < 1.29 is 9.53 Å². The van der Waals surface area contributed by atoms with E-state index in [1.807, 2.05) is 55.5 Å². The van der Waals surface area contributed by atoms with Gasteiger partial charge in [0.25, 0.3) is 5.91 Å². The Hall–Kier alpha value is -2.93. The Kier molecular flexibility index (Phi) is 6.60. The Morgan fingerprint density at radius 3 is 2.57 bits per heavy atom. The molecule has 0 unspecified atom stereocenters. The number of amides is 1. The van der Waals surface area contributed by atoms with E-state index in [4.69, 9.17) is 4.74 Å². The van der Waals surface area contributed by atoms with E-state index in [0.717, 1.165) is 27.8 Å². The lowest BCUT2D eigenvalue weighted by Crippen LogP contribution is -2.19. The van der Waals surface area contributed by atoms with Crippen LogP contribution in [0.3, 0.4) is 0 Å². The largest absolute Gasteiger partial charge is 0.494 e. The molecule has 0 aliphatic carbocycles. The average molecular weight is 441 g/mol. The summed E-state index contributed by atoms with van der Waals surface area (Å²) in [6.07, 6.45) is 0.962. The highest BCUT2D eigenvalue weighted by Gasteiger charge is 2.11. The number of hydrogen-bond donors (Lipinski definition) is 2. The van der Waals surface area contributed by atoms with Crippen LogP contribution < -0.4 is 10.2 Å². The van der Waals surface area contributed by atoms with Crippen LogP contribution in [0.2, 0.25) is 0 Å². The number of carbonyl (C=O) groups is 1. The number of hydrazone groups is 1. The molecule has 2 N–H and O–H groups in total. The molecule has 3 rings (SSSR count). The average Bonchev–Trinajstić information content (AvgIpc) is 3.21. The first-order chi connectivity index (χ1) is 13.6. The fourth-order valence-corrected chi connectivity index (χ4v) is 2.74. The smallest absolute Gasteiger partial charge is 0.289 e. The van der Waals surface area contributed by atoms with E-state index < -0.39 is 0 Å². The quantitative estimate of drug-likeness (QED) is 0.409. The van der Waals surface area contributed by atoms with Crippen molar-refractivity contribution >= 4 is 27.5 Å². The molecule has 144 valence electrons. The van der Waals surface area contributed by atoms with Crippen LogP contribution in [0.25, 0.3) is 11.3 Å². The highest BCUT2D eigenvalue weighted by atomic mass is 79.9. The second kappa shape index (κ2) is 9.32. The minimum Gasteiger partial charge on any atom is -0.494 e. The first-order valence-electron chi connectivity index (χ1n) is 8.96. The first-order valence-corrected chi connectivity index (χ1v) is 9.75. The third-order valence-corrected chi connectivity index (χ3v) is 4.56. The predicted octanol–water partition coefficient (Wildman–Crippen LogP) is 4.78. The molecule has 0 aliphatic rings. The summed E-state index contributed by atoms with van der Waals surface area (Å²) in [5.41, 5.74) is 6.12. The number of rotatable bonds is 7. The Morgan fingerprint density at radius 2 is 1.89 bits per heavy atom. The standard InChI is InChI=1S/C21H21BrN4O2/c1-3-12-28-18-10-6-16(7-11-18)19-13-20(25-24-19)21(27)26-23-14(2)15-4-8-17(22)9-5-15/h4-11,13H,3,12H2,1-2H3,(H,24,25)(H,26,27)/b23-14-. The molecule has 1 amide bonds. The maximum atomic E-state index is 12.3. The van der Waals surface area contributed by atoms with Crippen LogP contribution >= 0.6 is 15.9 Å². The summed E-state index contributed by atoms with van der Waals surface area (Å²) in [6, 6.07) is 17.0. The van der Waals surface area contributed by atoms with Gasteiger partial charge in [-0.3, -0.25) is 9.89 Å². The summed E-state index contributed by atoms with van der Waals surface area (Å²) in [5.74, 6) is 0.468. The molecular formula is C21H21BrN4O2. The van der Waals surface area contributed by atoms with Gasteiger partial charge in [0.15, 0.2) is 0 Å². The lowest BCUT2D eigenvalue weighted by Gasteiger charge is -2.04. The lowest BCUT2D eigenvalue weighted by molar-refractivity contribution is 0.0950. The summed E-state index contributed by atoms with van der Waals surface area (Å²) in [6.45, 7) is 4.59. The van der Waals surface area contributed by atoms with E-state index in [-0.39, 0.29) is 5.91 Å². The molecule has 6 nitrogen and oxygen atoms in total. The molecule has 0 fully saturated rings. The molecule has 1 aromatic heterocycles. The second-order valence-electron chi connectivity index (χ2n) is 6.18. The van der Waals surface area contributed by atoms with Crippen molar-refractivity contribution in [2.75, 3.05) is 6.61 Å². The van der Waals surface area contributed by atoms with E-state index in [0.29, 0.717) is 23.7 Å². The third-order valence-electron chi connectivity index (χ3n) is 4.03. The minimum absolute atomic E-state index is 0.341. The molecule has 0 radical (unpaired) electrons. The van der Waals surface area contributed by atoms with Gasteiger partial charge in [0.05, 0.1) is 18.0 Å². The zero-order valence-electron chi connectivity index (χ0n) is 15.7. The number of nitrogens with zero attached hydrogens (tertiary/aromatic N) is 2. The molecule has 0 bridgehead atoms. The summed E-state index contributed by atoms with van der Waals surface area (Å²) < 4.78 is 6.57. The van der Waals surface area contributed by atoms with Gasteiger partial charge >= 0.3 is 0 Å². The molecule has 0 saturated heterocycles. The van der Waals surface area contributed by atoms with Gasteiger partial charge in [0.1, 0.15) is 11.4 Å². The fourth-order valence-electron chi connectivity index (χ4n) is 2.48. The molecule has 1 heterocycles. The normalized spacial score (nSPS) is 11.3. The number of hydrogen-bond acceptors (Lipinski definition) is 4. The number of benzene rings is 2. The van der Waals surface area contributed by atoms with Crippen molar-refractivity contribution in [1.29, 1.82) is 0 Å². The Morgan fingerprint density at radius 1 is 1.18 bits per heavy atom. The molecule has 2 aromatic carbocycles. The molecule has 0 saturated carbocycles. The van der Waals surface area contributed by atoms with E-state index >= 15 is 0 Å². The van der Waals surface area contributed by atoms with Crippen LogP contribution in [0.5, 0.6) is 5.75 Å². The number of aromatic amines is 1. The highest BCUT2D eigenvalue weighted by Crippen LogP contribution is 2.21. The molecular weight excluding hydrogens is 420 g/mol. The number of H-pyrrole nitrogens is 1. The van der Waals surface area contributed by atoms with Gasteiger partial charge in [-0.1, -0.05) is 35.0 Å². The lowest BCUT2D eigenvalue weighted by atomic mass is 10.1. The highest BCUT2D eigenvalue weighted by molar-refractivity contribution is 9.10. The van der Waals surface area contributed by atoms with Crippen molar-refractivity contribution in [2.45, 2.75) is 20.3 Å². The van der Waals surface area contributed by atoms with E-state index in [1.54, 1.807) is 6.07 Å². The molecule has 0 atom stereocenters. The van der Waals surface area contributed by atoms with Gasteiger partial charge in [-0.05, 0) is 61.4 Å². The van der Waals surface area contributed by atoms with Crippen molar-refractivity contribution in [3.05, 3.63) is 70.3 Å². The fraction of sp³-hybridized carbons (Fsp3) is 0.190. The molecule has 0 aliphatic heterocycles. The molecule has 7 heteroatoms. The zero-order chi connectivity index (χ0) is 19.9. The SMILES string of the molecule is CCCOc1ccc(-c2cc(C(=O)N/N=C(/C)c3ccc(Br)cc3)[nH]n2)cc1. The third kappa shape index (κ3) is 5.07. The Labute approximate surface area is 172 Å². The van der Waals surface area contributed by atoms with E-state index in [2.05, 4.69) is 43.6 Å². The van der Waals surface area contributed by atoms with Crippen molar-refractivity contribution in [3.8, 4) is 17.0 Å². The summed E-state index contributed by atoms with van der Waals surface area (Å²) in [5, 5.41) is 11.1. The maximum Gasteiger partial charge on any atom is 0.289 e. The number of ether oxygens (including phenoxy) is 1. The monoisotopic (exact) mass is 440 g/mol. The van der Waals surface area contributed by atoms with Gasteiger partial charge in [-0.25, -0.2) is 5.43 Å². The van der Waals surface area contributed by atoms with Crippen LogP contribution in [0.1, 0.15) is 36.3 Å². The van der Waals surface area contributed by atoms with Crippen molar-refractivity contribution in [1.82, 2.24) is 15.6 Å². The van der Waals surface area contributed by atoms with Crippen molar-refractivity contribution in [2.24, 2.45) is 5.10 Å². The number of nitrogens with one attached hydrogen (secondary N) is 2.